The molecule has 3 rings (SSSR count). The lowest BCUT2D eigenvalue weighted by molar-refractivity contribution is 0.0552. The third-order valence-corrected chi connectivity index (χ3v) is 3.94. The first kappa shape index (κ1) is 14.1. The maximum atomic E-state index is 6.17. The van der Waals surface area contributed by atoms with E-state index in [1.54, 1.807) is 7.11 Å². The fraction of sp³-hybridized carbons (Fsp3) is 0.333. The Morgan fingerprint density at radius 1 is 1.14 bits per heavy atom. The number of likely N-dealkylation sites (N-methyl/N-ethyl adjacent to an activating group) is 1. The monoisotopic (exact) mass is 283 g/mol. The van der Waals surface area contributed by atoms with Crippen LogP contribution in [-0.4, -0.2) is 32.2 Å². The molecule has 3 heteroatoms. The van der Waals surface area contributed by atoms with Gasteiger partial charge in [-0.3, -0.25) is 4.90 Å². The molecule has 0 N–H and O–H groups in total. The molecule has 0 saturated carbocycles. The minimum absolute atomic E-state index is 0.0231. The van der Waals surface area contributed by atoms with Gasteiger partial charge in [-0.2, -0.15) is 0 Å². The standard InChI is InChI=1S/C18H21NO2/c1-19-10-11-21-18(14-6-4-3-5-7-14)17-12-16(20-2)9-8-15(17)13-19/h3-9,12,18H,10-11,13H2,1-2H3. The van der Waals surface area contributed by atoms with E-state index in [1.165, 1.54) is 16.7 Å². The van der Waals surface area contributed by atoms with E-state index in [0.29, 0.717) is 0 Å². The second-order valence-electron chi connectivity index (χ2n) is 5.46. The Bertz CT molecular complexity index is 597. The highest BCUT2D eigenvalue weighted by Crippen LogP contribution is 2.33. The predicted octanol–water partition coefficient (Wildman–Crippen LogP) is 3.25. The number of hydrogen-bond donors (Lipinski definition) is 0. The first-order chi connectivity index (χ1) is 10.3. The van der Waals surface area contributed by atoms with Crippen LogP contribution in [0.2, 0.25) is 0 Å². The molecule has 0 amide bonds. The molecule has 0 radical (unpaired) electrons. The van der Waals surface area contributed by atoms with E-state index in [-0.39, 0.29) is 6.10 Å². The second kappa shape index (κ2) is 6.29. The topological polar surface area (TPSA) is 21.7 Å². The Kier molecular flexibility index (Phi) is 4.23. The van der Waals surface area contributed by atoms with Gasteiger partial charge in [0.05, 0.1) is 13.7 Å². The second-order valence-corrected chi connectivity index (χ2v) is 5.46. The molecule has 1 aliphatic rings. The van der Waals surface area contributed by atoms with Crippen LogP contribution < -0.4 is 4.74 Å². The first-order valence-electron chi connectivity index (χ1n) is 7.30. The number of rotatable bonds is 2. The van der Waals surface area contributed by atoms with Crippen molar-refractivity contribution in [1.29, 1.82) is 0 Å². The summed E-state index contributed by atoms with van der Waals surface area (Å²) in [4.78, 5) is 2.28. The van der Waals surface area contributed by atoms with E-state index in [4.69, 9.17) is 9.47 Å². The fourth-order valence-corrected chi connectivity index (χ4v) is 2.78. The minimum Gasteiger partial charge on any atom is -0.497 e. The molecule has 0 bridgehead atoms. The SMILES string of the molecule is COc1ccc2c(c1)C(c1ccccc1)OCCN(C)C2. The van der Waals surface area contributed by atoms with Crippen molar-refractivity contribution in [2.75, 3.05) is 27.3 Å². The summed E-state index contributed by atoms with van der Waals surface area (Å²) in [6.45, 7) is 2.60. The first-order valence-corrected chi connectivity index (χ1v) is 7.30. The van der Waals surface area contributed by atoms with Crippen LogP contribution in [0.1, 0.15) is 22.8 Å². The number of benzene rings is 2. The minimum atomic E-state index is -0.0231. The largest absolute Gasteiger partial charge is 0.497 e. The van der Waals surface area contributed by atoms with Gasteiger partial charge in [-0.15, -0.1) is 0 Å². The Hall–Kier alpha value is -1.84. The molecule has 1 unspecified atom stereocenters. The van der Waals surface area contributed by atoms with Gasteiger partial charge in [0.25, 0.3) is 0 Å². The highest BCUT2D eigenvalue weighted by atomic mass is 16.5. The van der Waals surface area contributed by atoms with Crippen molar-refractivity contribution in [3.05, 3.63) is 65.2 Å². The van der Waals surface area contributed by atoms with Gasteiger partial charge in [0.15, 0.2) is 0 Å². The zero-order valence-electron chi connectivity index (χ0n) is 12.6. The quantitative estimate of drug-likeness (QED) is 0.844. The van der Waals surface area contributed by atoms with Crippen LogP contribution in [0.4, 0.5) is 0 Å². The lowest BCUT2D eigenvalue weighted by atomic mass is 9.95. The summed E-state index contributed by atoms with van der Waals surface area (Å²) in [5.74, 6) is 0.876. The normalized spacial score (nSPS) is 19.4. The summed E-state index contributed by atoms with van der Waals surface area (Å²) < 4.78 is 11.6. The van der Waals surface area contributed by atoms with Crippen molar-refractivity contribution in [1.82, 2.24) is 4.90 Å². The van der Waals surface area contributed by atoms with E-state index < -0.39 is 0 Å². The van der Waals surface area contributed by atoms with Crippen LogP contribution in [0.5, 0.6) is 5.75 Å². The molecule has 0 saturated heterocycles. The summed E-state index contributed by atoms with van der Waals surface area (Å²) in [6.07, 6.45) is -0.0231. The van der Waals surface area contributed by atoms with E-state index in [0.717, 1.165) is 25.4 Å². The van der Waals surface area contributed by atoms with Gasteiger partial charge in [0.2, 0.25) is 0 Å². The zero-order valence-corrected chi connectivity index (χ0v) is 12.6. The van der Waals surface area contributed by atoms with Crippen LogP contribution >= 0.6 is 0 Å². The molecule has 21 heavy (non-hydrogen) atoms. The van der Waals surface area contributed by atoms with Crippen molar-refractivity contribution < 1.29 is 9.47 Å². The van der Waals surface area contributed by atoms with E-state index in [1.807, 2.05) is 12.1 Å². The van der Waals surface area contributed by atoms with Gasteiger partial charge in [0, 0.05) is 13.1 Å². The lowest BCUT2D eigenvalue weighted by Gasteiger charge is -2.28. The third kappa shape index (κ3) is 3.09. The van der Waals surface area contributed by atoms with Crippen LogP contribution in [0, 0.1) is 0 Å². The number of methoxy groups -OCH3 is 1. The highest BCUT2D eigenvalue weighted by Gasteiger charge is 2.22. The van der Waals surface area contributed by atoms with Crippen molar-refractivity contribution in [2.45, 2.75) is 12.6 Å². The summed E-state index contributed by atoms with van der Waals surface area (Å²) >= 11 is 0. The Morgan fingerprint density at radius 2 is 1.95 bits per heavy atom. The molecular formula is C18H21NO2. The number of nitrogens with zero attached hydrogens (tertiary/aromatic N) is 1. The third-order valence-electron chi connectivity index (χ3n) is 3.94. The molecule has 1 heterocycles. The van der Waals surface area contributed by atoms with Gasteiger partial charge in [-0.05, 0) is 35.9 Å². The molecular weight excluding hydrogens is 262 g/mol. The predicted molar refractivity (Wildman–Crippen MR) is 83.6 cm³/mol. The average Bonchev–Trinajstić information content (AvgIpc) is 2.51. The summed E-state index contributed by atoms with van der Waals surface area (Å²) in [5.41, 5.74) is 3.69. The molecule has 2 aromatic rings. The van der Waals surface area contributed by atoms with E-state index in [9.17, 15) is 0 Å². The molecule has 0 spiro atoms. The lowest BCUT2D eigenvalue weighted by Crippen LogP contribution is -2.27. The van der Waals surface area contributed by atoms with Crippen molar-refractivity contribution in [2.24, 2.45) is 0 Å². The number of ether oxygens (including phenoxy) is 2. The summed E-state index contributed by atoms with van der Waals surface area (Å²) in [6, 6.07) is 16.7. The van der Waals surface area contributed by atoms with Crippen LogP contribution in [0.3, 0.4) is 0 Å². The smallest absolute Gasteiger partial charge is 0.119 e. The van der Waals surface area contributed by atoms with Gasteiger partial charge in [-0.25, -0.2) is 0 Å². The molecule has 2 aromatic carbocycles. The molecule has 0 aromatic heterocycles. The fourth-order valence-electron chi connectivity index (χ4n) is 2.78. The Labute approximate surface area is 126 Å². The number of hydrogen-bond acceptors (Lipinski definition) is 3. The van der Waals surface area contributed by atoms with Crippen molar-refractivity contribution in [3.63, 3.8) is 0 Å². The highest BCUT2D eigenvalue weighted by molar-refractivity contribution is 5.41. The van der Waals surface area contributed by atoms with Crippen LogP contribution in [0.15, 0.2) is 48.5 Å². The maximum absolute atomic E-state index is 6.17. The van der Waals surface area contributed by atoms with Crippen LogP contribution in [0.25, 0.3) is 0 Å². The molecule has 0 aliphatic carbocycles. The van der Waals surface area contributed by atoms with Gasteiger partial charge >= 0.3 is 0 Å². The number of fused-ring (bicyclic) bond motifs is 1. The van der Waals surface area contributed by atoms with Crippen LogP contribution in [-0.2, 0) is 11.3 Å². The zero-order chi connectivity index (χ0) is 14.7. The molecule has 3 nitrogen and oxygen atoms in total. The summed E-state index contributed by atoms with van der Waals surface area (Å²) in [7, 11) is 3.83. The van der Waals surface area contributed by atoms with E-state index >= 15 is 0 Å². The van der Waals surface area contributed by atoms with Gasteiger partial charge in [0.1, 0.15) is 11.9 Å². The van der Waals surface area contributed by atoms with Crippen molar-refractivity contribution in [3.8, 4) is 5.75 Å². The van der Waals surface area contributed by atoms with Crippen molar-refractivity contribution >= 4 is 0 Å². The van der Waals surface area contributed by atoms with Gasteiger partial charge < -0.3 is 9.47 Å². The Morgan fingerprint density at radius 3 is 2.71 bits per heavy atom. The molecule has 1 atom stereocenters. The maximum Gasteiger partial charge on any atom is 0.119 e. The van der Waals surface area contributed by atoms with Gasteiger partial charge in [-0.1, -0.05) is 36.4 Å². The average molecular weight is 283 g/mol. The molecule has 1 aliphatic heterocycles. The molecule has 110 valence electrons. The van der Waals surface area contributed by atoms with E-state index in [2.05, 4.69) is 48.3 Å². The summed E-state index contributed by atoms with van der Waals surface area (Å²) in [5, 5.41) is 0. The Balaban J connectivity index is 2.07. The molecule has 0 fully saturated rings.